The van der Waals surface area contributed by atoms with Crippen molar-refractivity contribution in [3.8, 4) is 0 Å². The van der Waals surface area contributed by atoms with Crippen molar-refractivity contribution in [3.63, 3.8) is 0 Å². The van der Waals surface area contributed by atoms with Gasteiger partial charge in [0.05, 0.1) is 7.11 Å². The maximum absolute atomic E-state index is 12.8. The smallest absolute Gasteiger partial charge is 0.379 e. The van der Waals surface area contributed by atoms with Crippen molar-refractivity contribution in [2.24, 2.45) is 0 Å². The second-order valence-electron chi connectivity index (χ2n) is 2.78. The van der Waals surface area contributed by atoms with E-state index in [1.807, 2.05) is 0 Å². The average molecular weight is 196 g/mol. The highest BCUT2D eigenvalue weighted by molar-refractivity contribution is 6.40. The maximum Gasteiger partial charge on any atom is 0.379 e. The Hall–Kier alpha value is -1.71. The number of halogens is 1. The molecule has 0 amide bonds. The Labute approximate surface area is 80.5 Å². The number of esters is 1. The first-order valence-electron chi connectivity index (χ1n) is 3.95. The van der Waals surface area contributed by atoms with Gasteiger partial charge < -0.3 is 4.74 Å². The van der Waals surface area contributed by atoms with E-state index in [2.05, 4.69) is 4.74 Å². The zero-order chi connectivity index (χ0) is 10.7. The van der Waals surface area contributed by atoms with Gasteiger partial charge in [-0.05, 0) is 24.6 Å². The van der Waals surface area contributed by atoms with E-state index in [-0.39, 0.29) is 5.56 Å². The fraction of sp³-hybridized carbons (Fsp3) is 0.200. The van der Waals surface area contributed by atoms with Gasteiger partial charge in [-0.1, -0.05) is 6.07 Å². The van der Waals surface area contributed by atoms with Gasteiger partial charge in [-0.3, -0.25) is 4.79 Å². The van der Waals surface area contributed by atoms with Crippen molar-refractivity contribution in [1.29, 1.82) is 0 Å². The van der Waals surface area contributed by atoms with Crippen molar-refractivity contribution in [2.45, 2.75) is 6.92 Å². The molecule has 0 atom stereocenters. The Bertz CT molecular complexity index is 385. The second kappa shape index (κ2) is 4.00. The first kappa shape index (κ1) is 10.4. The summed E-state index contributed by atoms with van der Waals surface area (Å²) < 4.78 is 17.0. The van der Waals surface area contributed by atoms with Gasteiger partial charge in [-0.15, -0.1) is 0 Å². The van der Waals surface area contributed by atoms with Gasteiger partial charge >= 0.3 is 5.97 Å². The van der Waals surface area contributed by atoms with Crippen molar-refractivity contribution >= 4 is 11.8 Å². The van der Waals surface area contributed by atoms with E-state index >= 15 is 0 Å². The zero-order valence-corrected chi connectivity index (χ0v) is 7.83. The largest absolute Gasteiger partial charge is 0.463 e. The van der Waals surface area contributed by atoms with Gasteiger partial charge in [-0.25, -0.2) is 9.18 Å². The normalized spacial score (nSPS) is 9.64. The van der Waals surface area contributed by atoms with Crippen LogP contribution >= 0.6 is 0 Å². The Morgan fingerprint density at radius 2 is 2.00 bits per heavy atom. The molecule has 0 unspecified atom stereocenters. The molecule has 1 aromatic carbocycles. The molecule has 0 bridgehead atoms. The van der Waals surface area contributed by atoms with Crippen LogP contribution in [0.15, 0.2) is 18.2 Å². The van der Waals surface area contributed by atoms with Gasteiger partial charge in [0.2, 0.25) is 0 Å². The summed E-state index contributed by atoms with van der Waals surface area (Å²) in [5.41, 5.74) is 0.582. The molecule has 0 saturated carbocycles. The number of aryl methyl sites for hydroxylation is 1. The summed E-state index contributed by atoms with van der Waals surface area (Å²) in [6.45, 7) is 1.62. The van der Waals surface area contributed by atoms with Crippen molar-refractivity contribution in [1.82, 2.24) is 0 Å². The minimum absolute atomic E-state index is 0.0388. The monoisotopic (exact) mass is 196 g/mol. The van der Waals surface area contributed by atoms with E-state index in [1.54, 1.807) is 6.92 Å². The fourth-order valence-electron chi connectivity index (χ4n) is 1.04. The van der Waals surface area contributed by atoms with Crippen LogP contribution in [0.3, 0.4) is 0 Å². The molecule has 0 spiro atoms. The molecule has 0 aliphatic carbocycles. The van der Waals surface area contributed by atoms with Gasteiger partial charge in [0.1, 0.15) is 5.82 Å². The van der Waals surface area contributed by atoms with Crippen LogP contribution < -0.4 is 0 Å². The Balaban J connectivity index is 3.12. The number of carbonyl (C=O) groups is 2. The first-order valence-corrected chi connectivity index (χ1v) is 3.95. The third kappa shape index (κ3) is 1.96. The van der Waals surface area contributed by atoms with Crippen LogP contribution in [0.2, 0.25) is 0 Å². The van der Waals surface area contributed by atoms with Crippen LogP contribution in [0.1, 0.15) is 15.9 Å². The van der Waals surface area contributed by atoms with Gasteiger partial charge in [0.15, 0.2) is 0 Å². The molecule has 4 heteroatoms. The van der Waals surface area contributed by atoms with Crippen molar-refractivity contribution in [3.05, 3.63) is 35.1 Å². The number of benzene rings is 1. The highest BCUT2D eigenvalue weighted by Crippen LogP contribution is 2.11. The molecule has 1 aromatic rings. The number of ether oxygens (including phenoxy) is 1. The van der Waals surface area contributed by atoms with E-state index in [9.17, 15) is 14.0 Å². The molecule has 0 saturated heterocycles. The van der Waals surface area contributed by atoms with Crippen LogP contribution in [0.25, 0.3) is 0 Å². The summed E-state index contributed by atoms with van der Waals surface area (Å²) in [5, 5.41) is 0. The average Bonchev–Trinajstić information content (AvgIpc) is 2.19. The molecular formula is C10H9FO3. The number of methoxy groups -OCH3 is 1. The molecule has 3 nitrogen and oxygen atoms in total. The molecule has 0 aromatic heterocycles. The predicted molar refractivity (Wildman–Crippen MR) is 47.5 cm³/mol. The number of Topliss-reactive ketones (excluding diaryl/α,β-unsaturated/α-hetero) is 1. The number of rotatable bonds is 2. The summed E-state index contributed by atoms with van der Waals surface area (Å²) >= 11 is 0. The SMILES string of the molecule is COC(=O)C(=O)c1cc(F)ccc1C. The van der Waals surface area contributed by atoms with Crippen LogP contribution in [0.4, 0.5) is 4.39 Å². The van der Waals surface area contributed by atoms with Gasteiger partial charge in [0.25, 0.3) is 5.78 Å². The summed E-state index contributed by atoms with van der Waals surface area (Å²) in [4.78, 5) is 22.2. The van der Waals surface area contributed by atoms with E-state index < -0.39 is 17.6 Å². The lowest BCUT2D eigenvalue weighted by Gasteiger charge is -2.02. The van der Waals surface area contributed by atoms with Crippen LogP contribution in [0, 0.1) is 12.7 Å². The van der Waals surface area contributed by atoms with E-state index in [1.165, 1.54) is 12.1 Å². The molecule has 0 radical (unpaired) electrons. The molecular weight excluding hydrogens is 187 g/mol. The lowest BCUT2D eigenvalue weighted by Crippen LogP contribution is -2.16. The van der Waals surface area contributed by atoms with Crippen molar-refractivity contribution in [2.75, 3.05) is 7.11 Å². The lowest BCUT2D eigenvalue weighted by molar-refractivity contribution is -0.135. The highest BCUT2D eigenvalue weighted by Gasteiger charge is 2.18. The van der Waals surface area contributed by atoms with Gasteiger partial charge in [0, 0.05) is 5.56 Å². The van der Waals surface area contributed by atoms with E-state index in [4.69, 9.17) is 0 Å². The molecule has 0 fully saturated rings. The van der Waals surface area contributed by atoms with E-state index in [0.717, 1.165) is 13.2 Å². The lowest BCUT2D eigenvalue weighted by atomic mass is 10.0. The summed E-state index contributed by atoms with van der Waals surface area (Å²) in [5.74, 6) is -2.37. The third-order valence-electron chi connectivity index (χ3n) is 1.82. The Morgan fingerprint density at radius 3 is 2.57 bits per heavy atom. The predicted octanol–water partition coefficient (Wildman–Crippen LogP) is 1.49. The zero-order valence-electron chi connectivity index (χ0n) is 7.83. The van der Waals surface area contributed by atoms with Crippen LogP contribution in [-0.2, 0) is 9.53 Å². The molecule has 1 rings (SSSR count). The molecule has 0 aliphatic rings. The van der Waals surface area contributed by atoms with Gasteiger partial charge in [-0.2, -0.15) is 0 Å². The summed E-state index contributed by atoms with van der Waals surface area (Å²) in [6, 6.07) is 3.68. The molecule has 0 aliphatic heterocycles. The molecule has 0 heterocycles. The number of hydrogen-bond acceptors (Lipinski definition) is 3. The molecule has 0 N–H and O–H groups in total. The number of hydrogen-bond donors (Lipinski definition) is 0. The quantitative estimate of drug-likeness (QED) is 0.409. The van der Waals surface area contributed by atoms with Crippen LogP contribution in [0.5, 0.6) is 0 Å². The third-order valence-corrected chi connectivity index (χ3v) is 1.82. The first-order chi connectivity index (χ1) is 6.56. The summed E-state index contributed by atoms with van der Waals surface area (Å²) in [7, 11) is 1.11. The number of carbonyl (C=O) groups excluding carboxylic acids is 2. The molecule has 14 heavy (non-hydrogen) atoms. The second-order valence-corrected chi connectivity index (χ2v) is 2.78. The standard InChI is InChI=1S/C10H9FO3/c1-6-3-4-7(11)5-8(6)9(12)10(13)14-2/h3-5H,1-2H3. The fourth-order valence-corrected chi connectivity index (χ4v) is 1.04. The summed E-state index contributed by atoms with van der Waals surface area (Å²) in [6.07, 6.45) is 0. The van der Waals surface area contributed by atoms with Crippen molar-refractivity contribution < 1.29 is 18.7 Å². The maximum atomic E-state index is 12.8. The van der Waals surface area contributed by atoms with E-state index in [0.29, 0.717) is 5.56 Å². The Kier molecular flexibility index (Phi) is 2.96. The Morgan fingerprint density at radius 1 is 1.36 bits per heavy atom. The minimum Gasteiger partial charge on any atom is -0.463 e. The molecule has 74 valence electrons. The minimum atomic E-state index is -0.987. The topological polar surface area (TPSA) is 43.4 Å². The highest BCUT2D eigenvalue weighted by atomic mass is 19.1. The van der Waals surface area contributed by atoms with Crippen LogP contribution in [-0.4, -0.2) is 18.9 Å². The number of ketones is 1.